The molecule has 1 aromatic heterocycles. The molecule has 0 fully saturated rings. The van der Waals surface area contributed by atoms with E-state index in [0.717, 1.165) is 11.3 Å². The van der Waals surface area contributed by atoms with Gasteiger partial charge in [0.25, 0.3) is 0 Å². The van der Waals surface area contributed by atoms with Crippen LogP contribution >= 0.6 is 0 Å². The van der Waals surface area contributed by atoms with Gasteiger partial charge in [0.2, 0.25) is 0 Å². The molecule has 1 aliphatic heterocycles. The van der Waals surface area contributed by atoms with Crippen LogP contribution in [0.1, 0.15) is 41.9 Å². The number of benzene rings is 1. The fraction of sp³-hybridized carbons (Fsp3) is 0.375. The van der Waals surface area contributed by atoms with Gasteiger partial charge in [-0.3, -0.25) is 9.48 Å². The number of fused-ring (bicyclic) bond motifs is 1. The largest absolute Gasteiger partial charge is 0.493 e. The number of ketones is 1. The van der Waals surface area contributed by atoms with Crippen LogP contribution < -0.4 is 10.1 Å². The average Bonchev–Trinajstić information content (AvgIpc) is 3.10. The maximum Gasteiger partial charge on any atom is 0.193 e. The van der Waals surface area contributed by atoms with Gasteiger partial charge in [0, 0.05) is 18.3 Å². The predicted molar refractivity (Wildman–Crippen MR) is 81.2 cm³/mol. The highest BCUT2D eigenvalue weighted by molar-refractivity contribution is 6.03. The normalized spacial score (nSPS) is 16.7. The fourth-order valence-corrected chi connectivity index (χ4v) is 2.80. The van der Waals surface area contributed by atoms with Gasteiger partial charge in [-0.25, -0.2) is 0 Å². The lowest BCUT2D eigenvalue weighted by atomic mass is 9.94. The van der Waals surface area contributed by atoms with Gasteiger partial charge < -0.3 is 10.1 Å². The number of aromatic nitrogens is 2. The molecule has 0 amide bonds. The van der Waals surface area contributed by atoms with Gasteiger partial charge in [0.1, 0.15) is 5.69 Å². The van der Waals surface area contributed by atoms with Crippen LogP contribution in [-0.2, 0) is 0 Å². The highest BCUT2D eigenvalue weighted by Gasteiger charge is 2.33. The van der Waals surface area contributed by atoms with Crippen LogP contribution in [0.25, 0.3) is 0 Å². The summed E-state index contributed by atoms with van der Waals surface area (Å²) in [5.74, 6) is 0.401. The van der Waals surface area contributed by atoms with E-state index in [2.05, 4.69) is 10.4 Å². The summed E-state index contributed by atoms with van der Waals surface area (Å²) in [7, 11) is 1.57. The molecule has 5 heteroatoms. The van der Waals surface area contributed by atoms with Gasteiger partial charge in [0.05, 0.1) is 19.2 Å². The third-order valence-corrected chi connectivity index (χ3v) is 3.85. The van der Waals surface area contributed by atoms with Crippen molar-refractivity contribution in [2.45, 2.75) is 25.8 Å². The zero-order valence-electron chi connectivity index (χ0n) is 12.5. The molecule has 2 heterocycles. The molecule has 0 saturated carbocycles. The monoisotopic (exact) mass is 285 g/mol. The second-order valence-corrected chi connectivity index (χ2v) is 5.48. The molecule has 0 radical (unpaired) electrons. The third kappa shape index (κ3) is 2.18. The van der Waals surface area contributed by atoms with E-state index in [-0.39, 0.29) is 17.7 Å². The number of para-hydroxylation sites is 1. The molecule has 1 atom stereocenters. The fourth-order valence-electron chi connectivity index (χ4n) is 2.80. The molecule has 0 aliphatic carbocycles. The van der Waals surface area contributed by atoms with Crippen molar-refractivity contribution in [3.05, 3.63) is 41.7 Å². The first kappa shape index (κ1) is 13.7. The van der Waals surface area contributed by atoms with E-state index < -0.39 is 0 Å². The predicted octanol–water partition coefficient (Wildman–Crippen LogP) is 2.86. The van der Waals surface area contributed by atoms with Crippen molar-refractivity contribution in [3.63, 3.8) is 0 Å². The molecule has 1 N–H and O–H groups in total. The zero-order valence-corrected chi connectivity index (χ0v) is 12.5. The molecule has 0 bridgehead atoms. The molecular formula is C16H19N3O2. The topological polar surface area (TPSA) is 56.2 Å². The first-order chi connectivity index (χ1) is 10.1. The summed E-state index contributed by atoms with van der Waals surface area (Å²) in [4.78, 5) is 13.0. The summed E-state index contributed by atoms with van der Waals surface area (Å²) in [5.41, 5.74) is 2.63. The number of hydrogen-bond acceptors (Lipinski definition) is 4. The van der Waals surface area contributed by atoms with E-state index in [4.69, 9.17) is 4.74 Å². The molecule has 21 heavy (non-hydrogen) atoms. The standard InChI is InChI=1S/C16H19N3O2/c1-10(2)19-15(14(21-3)9-18-19)16(20)12-8-17-13-7-5-4-6-11(12)13/h4-7,9-10,12,17H,8H2,1-3H3. The molecule has 0 spiro atoms. The second kappa shape index (κ2) is 5.24. The van der Waals surface area contributed by atoms with Crippen LogP contribution in [0.4, 0.5) is 5.69 Å². The number of carbonyl (C=O) groups excluding carboxylic acids is 1. The van der Waals surface area contributed by atoms with Crippen LogP contribution in [-0.4, -0.2) is 29.2 Å². The van der Waals surface area contributed by atoms with Crippen LogP contribution in [0, 0.1) is 0 Å². The lowest BCUT2D eigenvalue weighted by Crippen LogP contribution is -2.20. The van der Waals surface area contributed by atoms with Gasteiger partial charge in [-0.2, -0.15) is 5.10 Å². The van der Waals surface area contributed by atoms with E-state index in [1.807, 2.05) is 38.1 Å². The Bertz CT molecular complexity index is 676. The first-order valence-electron chi connectivity index (χ1n) is 7.12. The minimum Gasteiger partial charge on any atom is -0.493 e. The number of nitrogens with zero attached hydrogens (tertiary/aromatic N) is 2. The molecule has 5 nitrogen and oxygen atoms in total. The van der Waals surface area contributed by atoms with Crippen molar-refractivity contribution in [1.29, 1.82) is 0 Å². The number of hydrogen-bond donors (Lipinski definition) is 1. The number of Topliss-reactive ketones (excluding diaryl/α,β-unsaturated/α-hetero) is 1. The van der Waals surface area contributed by atoms with Crippen molar-refractivity contribution in [2.75, 3.05) is 19.0 Å². The van der Waals surface area contributed by atoms with Crippen LogP contribution in [0.3, 0.4) is 0 Å². The highest BCUT2D eigenvalue weighted by Crippen LogP contribution is 2.35. The highest BCUT2D eigenvalue weighted by atomic mass is 16.5. The van der Waals surface area contributed by atoms with E-state index in [9.17, 15) is 4.79 Å². The maximum absolute atomic E-state index is 13.0. The number of anilines is 1. The van der Waals surface area contributed by atoms with Crippen molar-refractivity contribution < 1.29 is 9.53 Å². The summed E-state index contributed by atoms with van der Waals surface area (Å²) in [6.45, 7) is 4.62. The van der Waals surface area contributed by atoms with Gasteiger partial charge in [-0.05, 0) is 25.5 Å². The van der Waals surface area contributed by atoms with Crippen molar-refractivity contribution >= 4 is 11.5 Å². The van der Waals surface area contributed by atoms with E-state index >= 15 is 0 Å². The minimum absolute atomic E-state index is 0.0514. The Hall–Kier alpha value is -2.30. The summed E-state index contributed by atoms with van der Waals surface area (Å²) >= 11 is 0. The van der Waals surface area contributed by atoms with Crippen LogP contribution in [0.2, 0.25) is 0 Å². The second-order valence-electron chi connectivity index (χ2n) is 5.48. The quantitative estimate of drug-likeness (QED) is 0.878. The molecule has 1 unspecified atom stereocenters. The first-order valence-corrected chi connectivity index (χ1v) is 7.12. The lowest BCUT2D eigenvalue weighted by molar-refractivity contribution is 0.0951. The molecule has 2 aromatic rings. The Morgan fingerprint density at radius 3 is 2.90 bits per heavy atom. The van der Waals surface area contributed by atoms with Gasteiger partial charge in [0.15, 0.2) is 11.5 Å². The maximum atomic E-state index is 13.0. The van der Waals surface area contributed by atoms with Crippen LogP contribution in [0.5, 0.6) is 5.75 Å². The Labute approximate surface area is 123 Å². The number of carbonyl (C=O) groups is 1. The van der Waals surface area contributed by atoms with Gasteiger partial charge >= 0.3 is 0 Å². The number of rotatable bonds is 4. The van der Waals surface area contributed by atoms with Crippen molar-refractivity contribution in [3.8, 4) is 5.75 Å². The summed E-state index contributed by atoms with van der Waals surface area (Å²) < 4.78 is 7.06. The van der Waals surface area contributed by atoms with E-state index in [0.29, 0.717) is 18.0 Å². The Kier molecular flexibility index (Phi) is 3.41. The Morgan fingerprint density at radius 2 is 2.19 bits per heavy atom. The smallest absolute Gasteiger partial charge is 0.193 e. The molecule has 110 valence electrons. The number of nitrogens with one attached hydrogen (secondary N) is 1. The van der Waals surface area contributed by atoms with Crippen molar-refractivity contribution in [2.24, 2.45) is 0 Å². The molecule has 1 aliphatic rings. The van der Waals surface area contributed by atoms with Crippen molar-refractivity contribution in [1.82, 2.24) is 9.78 Å². The van der Waals surface area contributed by atoms with E-state index in [1.165, 1.54) is 0 Å². The number of methoxy groups -OCH3 is 1. The van der Waals surface area contributed by atoms with Gasteiger partial charge in [-0.15, -0.1) is 0 Å². The Morgan fingerprint density at radius 1 is 1.43 bits per heavy atom. The molecular weight excluding hydrogens is 266 g/mol. The Balaban J connectivity index is 2.02. The zero-order chi connectivity index (χ0) is 15.0. The minimum atomic E-state index is -0.190. The lowest BCUT2D eigenvalue weighted by Gasteiger charge is -2.14. The van der Waals surface area contributed by atoms with Crippen LogP contribution in [0.15, 0.2) is 30.5 Å². The van der Waals surface area contributed by atoms with Gasteiger partial charge in [-0.1, -0.05) is 18.2 Å². The third-order valence-electron chi connectivity index (χ3n) is 3.85. The summed E-state index contributed by atoms with van der Waals surface area (Å²) in [6, 6.07) is 8.04. The van der Waals surface area contributed by atoms with E-state index in [1.54, 1.807) is 18.0 Å². The SMILES string of the molecule is COc1cnn(C(C)C)c1C(=O)C1CNc2ccccc21. The molecule has 3 rings (SSSR count). The summed E-state index contributed by atoms with van der Waals surface area (Å²) in [6.07, 6.45) is 1.61. The average molecular weight is 285 g/mol. The molecule has 0 saturated heterocycles. The summed E-state index contributed by atoms with van der Waals surface area (Å²) in [5, 5.41) is 7.57. The number of ether oxygens (including phenoxy) is 1. The molecule has 1 aromatic carbocycles.